The maximum Gasteiger partial charge on any atom is 0.327 e. The number of thiol groups is 2. The zero-order valence-corrected chi connectivity index (χ0v) is 19.7. The molecule has 0 aliphatic heterocycles. The molecule has 4 atom stereocenters. The zero-order chi connectivity index (χ0) is 25.6. The number of hydrogen-bond donors (Lipinski definition) is 10. The van der Waals surface area contributed by atoms with Crippen molar-refractivity contribution in [2.24, 2.45) is 27.9 Å². The van der Waals surface area contributed by atoms with E-state index in [-0.39, 0.29) is 49.7 Å². The molecule has 0 fully saturated rings. The molecule has 188 valence electrons. The number of nitrogens with zero attached hydrogens (tertiary/aromatic N) is 1. The maximum atomic E-state index is 12.7. The molecule has 16 heteroatoms. The number of carboxylic acid groups (broad SMARTS) is 1. The van der Waals surface area contributed by atoms with Gasteiger partial charge in [0.15, 0.2) is 5.96 Å². The number of primary amides is 1. The van der Waals surface area contributed by atoms with E-state index in [1.165, 1.54) is 0 Å². The number of amides is 4. The predicted octanol–water partition coefficient (Wildman–Crippen LogP) is -3.97. The number of nitrogens with one attached hydrogen (secondary N) is 3. The number of carboxylic acids is 1. The molecule has 4 unspecified atom stereocenters. The smallest absolute Gasteiger partial charge is 0.327 e. The van der Waals surface area contributed by atoms with Gasteiger partial charge in [0.05, 0.1) is 6.04 Å². The van der Waals surface area contributed by atoms with Gasteiger partial charge in [-0.3, -0.25) is 24.2 Å². The molecule has 0 radical (unpaired) electrons. The standard InChI is InChI=1S/C17H32N8O6S2/c18-8(3-4-12(19)26)13(27)24-10(6-32)15(29)23-9(2-1-5-22-17(20)21)14(28)25-11(7-33)16(30)31/h8-11,32-33H,1-7,18H2,(H2,19,26)(H,23,29)(H,24,27)(H,25,28)(H,30,31)(H4,20,21,22). The third-order valence-corrected chi connectivity index (χ3v) is 4.96. The van der Waals surface area contributed by atoms with Crippen LogP contribution in [0, 0.1) is 0 Å². The number of guanidine groups is 1. The Morgan fingerprint density at radius 3 is 1.82 bits per heavy atom. The molecule has 0 saturated heterocycles. The van der Waals surface area contributed by atoms with Crippen LogP contribution in [0.3, 0.4) is 0 Å². The Labute approximate surface area is 201 Å². The summed E-state index contributed by atoms with van der Waals surface area (Å²) in [4.78, 5) is 63.3. The Bertz CT molecular complexity index is 734. The Hall–Kier alpha value is -2.72. The summed E-state index contributed by atoms with van der Waals surface area (Å²) in [6.45, 7) is 0.165. The number of aliphatic imine (C=N–C) groups is 1. The number of nitrogens with two attached hydrogens (primary N) is 4. The second kappa shape index (κ2) is 16.0. The van der Waals surface area contributed by atoms with Gasteiger partial charge in [-0.05, 0) is 19.3 Å². The molecule has 0 saturated carbocycles. The summed E-state index contributed by atoms with van der Waals surface area (Å²) in [5.41, 5.74) is 21.2. The molecular formula is C17H32N8O6S2. The molecule has 0 rings (SSSR count). The highest BCUT2D eigenvalue weighted by molar-refractivity contribution is 7.80. The molecule has 12 N–H and O–H groups in total. The molecule has 33 heavy (non-hydrogen) atoms. The van der Waals surface area contributed by atoms with Crippen molar-refractivity contribution >= 4 is 60.8 Å². The fourth-order valence-electron chi connectivity index (χ4n) is 2.40. The Morgan fingerprint density at radius 2 is 1.33 bits per heavy atom. The first-order valence-electron chi connectivity index (χ1n) is 9.87. The minimum atomic E-state index is -1.30. The van der Waals surface area contributed by atoms with Crippen LogP contribution < -0.4 is 38.9 Å². The number of carbonyl (C=O) groups excluding carboxylic acids is 4. The van der Waals surface area contributed by atoms with Gasteiger partial charge in [-0.1, -0.05) is 0 Å². The van der Waals surface area contributed by atoms with E-state index in [1.807, 2.05) is 0 Å². The van der Waals surface area contributed by atoms with Crippen LogP contribution in [0.2, 0.25) is 0 Å². The molecule has 0 aromatic heterocycles. The van der Waals surface area contributed by atoms with Crippen molar-refractivity contribution in [1.29, 1.82) is 0 Å². The van der Waals surface area contributed by atoms with Gasteiger partial charge in [-0.15, -0.1) is 0 Å². The molecule has 0 aliphatic carbocycles. The van der Waals surface area contributed by atoms with Crippen molar-refractivity contribution in [3.8, 4) is 0 Å². The summed E-state index contributed by atoms with van der Waals surface area (Å²) < 4.78 is 0. The topological polar surface area (TPSA) is 258 Å². The Balaban J connectivity index is 5.25. The van der Waals surface area contributed by atoms with E-state index in [4.69, 9.17) is 28.0 Å². The highest BCUT2D eigenvalue weighted by atomic mass is 32.1. The van der Waals surface area contributed by atoms with Crippen LogP contribution in [-0.4, -0.2) is 82.9 Å². The fourth-order valence-corrected chi connectivity index (χ4v) is 2.91. The van der Waals surface area contributed by atoms with E-state index in [0.29, 0.717) is 0 Å². The van der Waals surface area contributed by atoms with Gasteiger partial charge in [0.1, 0.15) is 18.1 Å². The third-order valence-electron chi connectivity index (χ3n) is 4.23. The van der Waals surface area contributed by atoms with E-state index < -0.39 is 53.8 Å². The van der Waals surface area contributed by atoms with Crippen molar-refractivity contribution in [3.63, 3.8) is 0 Å². The van der Waals surface area contributed by atoms with Crippen LogP contribution in [0.5, 0.6) is 0 Å². The second-order valence-corrected chi connectivity index (χ2v) is 7.68. The summed E-state index contributed by atoms with van der Waals surface area (Å²) in [6, 6.07) is -4.68. The van der Waals surface area contributed by atoms with Gasteiger partial charge in [0.2, 0.25) is 23.6 Å². The minimum Gasteiger partial charge on any atom is -0.480 e. The van der Waals surface area contributed by atoms with Crippen LogP contribution in [0.25, 0.3) is 0 Å². The van der Waals surface area contributed by atoms with Crippen LogP contribution in [-0.2, 0) is 24.0 Å². The van der Waals surface area contributed by atoms with Crippen molar-refractivity contribution < 1.29 is 29.1 Å². The van der Waals surface area contributed by atoms with E-state index in [9.17, 15) is 24.0 Å². The number of rotatable bonds is 16. The van der Waals surface area contributed by atoms with E-state index in [2.05, 4.69) is 46.2 Å². The van der Waals surface area contributed by atoms with Gasteiger partial charge < -0.3 is 44.0 Å². The number of carbonyl (C=O) groups is 5. The molecule has 0 aromatic carbocycles. The Kier molecular flexibility index (Phi) is 14.7. The van der Waals surface area contributed by atoms with Crippen LogP contribution >= 0.6 is 25.3 Å². The quantitative estimate of drug-likeness (QED) is 0.0421. The third kappa shape index (κ3) is 12.8. The second-order valence-electron chi connectivity index (χ2n) is 6.95. The lowest BCUT2D eigenvalue weighted by atomic mass is 10.1. The fraction of sp³-hybridized carbons (Fsp3) is 0.647. The molecular weight excluding hydrogens is 476 g/mol. The highest BCUT2D eigenvalue weighted by Gasteiger charge is 2.29. The number of hydrogen-bond acceptors (Lipinski definition) is 9. The van der Waals surface area contributed by atoms with Crippen molar-refractivity contribution in [3.05, 3.63) is 0 Å². The first-order valence-corrected chi connectivity index (χ1v) is 11.1. The summed E-state index contributed by atoms with van der Waals surface area (Å²) >= 11 is 7.92. The first kappa shape index (κ1) is 30.3. The van der Waals surface area contributed by atoms with Gasteiger partial charge >= 0.3 is 5.97 Å². The van der Waals surface area contributed by atoms with Gasteiger partial charge in [-0.2, -0.15) is 25.3 Å². The molecule has 0 aromatic rings. The van der Waals surface area contributed by atoms with E-state index in [1.54, 1.807) is 0 Å². The molecule has 4 amide bonds. The summed E-state index contributed by atoms with van der Waals surface area (Å²) in [5, 5.41) is 16.3. The Morgan fingerprint density at radius 1 is 0.818 bits per heavy atom. The summed E-state index contributed by atoms with van der Waals surface area (Å²) in [7, 11) is 0. The molecule has 14 nitrogen and oxygen atoms in total. The largest absolute Gasteiger partial charge is 0.480 e. The lowest BCUT2D eigenvalue weighted by Crippen LogP contribution is -2.57. The molecule has 0 heterocycles. The monoisotopic (exact) mass is 508 g/mol. The zero-order valence-electron chi connectivity index (χ0n) is 17.9. The number of aliphatic carboxylic acids is 1. The van der Waals surface area contributed by atoms with Crippen LogP contribution in [0.1, 0.15) is 25.7 Å². The van der Waals surface area contributed by atoms with Gasteiger partial charge in [-0.25, -0.2) is 4.79 Å². The van der Waals surface area contributed by atoms with Crippen molar-refractivity contribution in [2.45, 2.75) is 49.9 Å². The van der Waals surface area contributed by atoms with Gasteiger partial charge in [0, 0.05) is 24.5 Å². The average Bonchev–Trinajstić information content (AvgIpc) is 2.74. The highest BCUT2D eigenvalue weighted by Crippen LogP contribution is 2.03. The van der Waals surface area contributed by atoms with Crippen molar-refractivity contribution in [2.75, 3.05) is 18.1 Å². The van der Waals surface area contributed by atoms with Crippen LogP contribution in [0.4, 0.5) is 0 Å². The van der Waals surface area contributed by atoms with E-state index >= 15 is 0 Å². The minimum absolute atomic E-state index is 0.0157. The summed E-state index contributed by atoms with van der Waals surface area (Å²) in [6.07, 6.45) is 0.224. The van der Waals surface area contributed by atoms with E-state index in [0.717, 1.165) is 0 Å². The maximum absolute atomic E-state index is 12.7. The first-order chi connectivity index (χ1) is 15.4. The SMILES string of the molecule is NC(=O)CCC(N)C(=O)NC(CS)C(=O)NC(CCCN=C(N)N)C(=O)NC(CS)C(=O)O. The molecule has 0 aliphatic rings. The molecule has 0 spiro atoms. The molecule has 0 bridgehead atoms. The predicted molar refractivity (Wildman–Crippen MR) is 127 cm³/mol. The normalized spacial score (nSPS) is 14.2. The van der Waals surface area contributed by atoms with Crippen LogP contribution in [0.15, 0.2) is 4.99 Å². The summed E-state index contributed by atoms with van der Waals surface area (Å²) in [5.74, 6) is -4.60. The lowest BCUT2D eigenvalue weighted by molar-refractivity contribution is -0.141. The average molecular weight is 509 g/mol. The van der Waals surface area contributed by atoms with Gasteiger partial charge in [0.25, 0.3) is 0 Å². The lowest BCUT2D eigenvalue weighted by Gasteiger charge is -2.24. The van der Waals surface area contributed by atoms with Crippen molar-refractivity contribution in [1.82, 2.24) is 16.0 Å².